The van der Waals surface area contributed by atoms with Gasteiger partial charge in [0, 0.05) is 53.2 Å². The predicted molar refractivity (Wildman–Crippen MR) is 280 cm³/mol. The lowest BCUT2D eigenvalue weighted by atomic mass is 9.95. The van der Waals surface area contributed by atoms with Crippen molar-refractivity contribution in [2.24, 2.45) is 0 Å². The van der Waals surface area contributed by atoms with Gasteiger partial charge in [-0.2, -0.15) is 8.42 Å². The summed E-state index contributed by atoms with van der Waals surface area (Å²) < 4.78 is 91.0. The van der Waals surface area contributed by atoms with Gasteiger partial charge < -0.3 is 140 Å². The zero-order valence-corrected chi connectivity index (χ0v) is 45.4. The van der Waals surface area contributed by atoms with Crippen molar-refractivity contribution in [3.63, 3.8) is 0 Å². The minimum atomic E-state index is -4.51. The second-order valence-corrected chi connectivity index (χ2v) is 22.4. The van der Waals surface area contributed by atoms with E-state index in [1.54, 1.807) is 24.4 Å². The molecule has 0 aliphatic carbocycles. The molecule has 25 atom stereocenters. The molecule has 0 amide bonds. The molecule has 470 valence electrons. The van der Waals surface area contributed by atoms with Crippen molar-refractivity contribution in [1.82, 2.24) is 10.3 Å². The molecule has 32 heteroatoms. The van der Waals surface area contributed by atoms with E-state index in [-0.39, 0.29) is 36.5 Å². The molecule has 0 radical (unpaired) electrons. The fourth-order valence-corrected chi connectivity index (χ4v) is 11.7. The van der Waals surface area contributed by atoms with E-state index in [1.165, 1.54) is 18.2 Å². The Morgan fingerprint density at radius 3 is 1.39 bits per heavy atom. The van der Waals surface area contributed by atoms with Crippen LogP contribution in [0.4, 0.5) is 5.69 Å². The molecule has 0 unspecified atom stereocenters. The zero-order chi connectivity index (χ0) is 60.3. The molecule has 4 aromatic rings. The number of fused-ring (bicyclic) bond motifs is 2. The second kappa shape index (κ2) is 28.1. The van der Waals surface area contributed by atoms with E-state index < -0.39 is 190 Å². The van der Waals surface area contributed by atoms with Crippen LogP contribution in [-0.2, 0) is 63.9 Å². The first-order valence-corrected chi connectivity index (χ1v) is 28.5. The van der Waals surface area contributed by atoms with Crippen molar-refractivity contribution in [1.29, 1.82) is 0 Å². The van der Waals surface area contributed by atoms with Crippen molar-refractivity contribution in [2.75, 3.05) is 58.0 Å². The molecule has 5 fully saturated rings. The summed E-state index contributed by atoms with van der Waals surface area (Å²) in [6.07, 6.45) is -43.2. The van der Waals surface area contributed by atoms with Crippen LogP contribution in [0.25, 0.3) is 21.7 Å². The first kappa shape index (κ1) is 64.6. The number of aliphatic hydroxyl groups excluding tert-OH is 15. The fraction of sp³-hybridized carbons (Fsp3) is 0.654. The number of hydrogen-bond donors (Lipinski definition) is 19. The van der Waals surface area contributed by atoms with Crippen LogP contribution in [0.15, 0.2) is 71.8 Å². The molecule has 9 rings (SSSR count). The Kier molecular flexibility index (Phi) is 21.6. The normalized spacial score (nSPS) is 39.6. The molecule has 0 bridgehead atoms. The van der Waals surface area contributed by atoms with Gasteiger partial charge in [0.25, 0.3) is 10.1 Å². The Balaban J connectivity index is 0.761. The van der Waals surface area contributed by atoms with Gasteiger partial charge in [0.1, 0.15) is 127 Å². The second-order valence-electron chi connectivity index (χ2n) is 21.0. The average Bonchev–Trinajstić information content (AvgIpc) is 2.49. The molecule has 19 N–H and O–H groups in total. The summed E-state index contributed by atoms with van der Waals surface area (Å²) in [5.41, 5.74) is 2.36. The van der Waals surface area contributed by atoms with Gasteiger partial charge in [0.05, 0.1) is 33.0 Å². The largest absolute Gasteiger partial charge is 0.394 e. The van der Waals surface area contributed by atoms with Crippen LogP contribution >= 0.6 is 0 Å². The molecule has 5 aliphatic rings. The van der Waals surface area contributed by atoms with Gasteiger partial charge in [0.15, 0.2) is 31.5 Å². The topological polar surface area (TPSA) is 490 Å². The Morgan fingerprint density at radius 2 is 0.893 bits per heavy atom. The zero-order valence-electron chi connectivity index (χ0n) is 44.6. The van der Waals surface area contributed by atoms with Gasteiger partial charge in [-0.3, -0.25) is 4.55 Å². The smallest absolute Gasteiger partial charge is 0.295 e. The number of aromatic amines is 1. The molecular weight excluding hydrogens is 1150 g/mol. The summed E-state index contributed by atoms with van der Waals surface area (Å²) in [4.78, 5) is 2.88. The third-order valence-electron chi connectivity index (χ3n) is 15.6. The van der Waals surface area contributed by atoms with Crippen molar-refractivity contribution >= 4 is 37.5 Å². The lowest BCUT2D eigenvalue weighted by molar-refractivity contribution is -0.393. The fourth-order valence-electron chi connectivity index (χ4n) is 11.0. The van der Waals surface area contributed by atoms with E-state index in [4.69, 9.17) is 47.4 Å². The van der Waals surface area contributed by atoms with Gasteiger partial charge in [0.2, 0.25) is 0 Å². The maximum Gasteiger partial charge on any atom is 0.295 e. The van der Waals surface area contributed by atoms with Crippen LogP contribution in [0.1, 0.15) is 5.56 Å². The van der Waals surface area contributed by atoms with Gasteiger partial charge in [-0.15, -0.1) is 0 Å². The lowest BCUT2D eigenvalue weighted by Crippen LogP contribution is -2.68. The molecule has 0 spiro atoms. The van der Waals surface area contributed by atoms with Crippen molar-refractivity contribution < 1.29 is 137 Å². The van der Waals surface area contributed by atoms with E-state index in [1.807, 2.05) is 24.3 Å². The predicted octanol–water partition coefficient (Wildman–Crippen LogP) is -7.07. The highest BCUT2D eigenvalue weighted by Gasteiger charge is 2.56. The summed E-state index contributed by atoms with van der Waals surface area (Å²) in [5, 5.41) is 172. The Hall–Kier alpha value is -3.87. The maximum atomic E-state index is 11.9. The van der Waals surface area contributed by atoms with E-state index in [9.17, 15) is 89.6 Å². The quantitative estimate of drug-likeness (QED) is 0.0242. The highest BCUT2D eigenvalue weighted by Crippen LogP contribution is 2.37. The van der Waals surface area contributed by atoms with Gasteiger partial charge in [-0.25, -0.2) is 0 Å². The molecule has 84 heavy (non-hydrogen) atoms. The van der Waals surface area contributed by atoms with Crippen molar-refractivity contribution in [2.45, 2.75) is 165 Å². The lowest BCUT2D eigenvalue weighted by Gasteiger charge is -2.49. The van der Waals surface area contributed by atoms with Crippen LogP contribution in [-0.4, -0.2) is 301 Å². The number of aliphatic hydroxyl groups is 15. The van der Waals surface area contributed by atoms with E-state index in [0.29, 0.717) is 17.5 Å². The molecule has 1 aromatic heterocycles. The first-order chi connectivity index (χ1) is 40.2. The average molecular weight is 1220 g/mol. The molecule has 3 aromatic carbocycles. The summed E-state index contributed by atoms with van der Waals surface area (Å²) in [7, 11) is -4.51. The van der Waals surface area contributed by atoms with Crippen LogP contribution in [0.2, 0.25) is 0 Å². The number of ether oxygens (including phenoxy) is 10. The summed E-state index contributed by atoms with van der Waals surface area (Å²) in [6.45, 7) is -3.39. The molecule has 0 saturated carbocycles. The molecule has 6 heterocycles. The van der Waals surface area contributed by atoms with E-state index in [2.05, 4.69) is 15.6 Å². The van der Waals surface area contributed by atoms with Crippen LogP contribution < -0.4 is 10.6 Å². The third kappa shape index (κ3) is 13.7. The molecule has 5 aliphatic heterocycles. The van der Waals surface area contributed by atoms with Crippen LogP contribution in [0.3, 0.4) is 0 Å². The van der Waals surface area contributed by atoms with Crippen molar-refractivity contribution in [3.05, 3.63) is 72.4 Å². The van der Waals surface area contributed by atoms with Gasteiger partial charge in [-0.05, 0) is 30.2 Å². The minimum Gasteiger partial charge on any atom is -0.394 e. The number of anilines is 1. The van der Waals surface area contributed by atoms with Gasteiger partial charge >= 0.3 is 0 Å². The number of hydrogen-bond acceptors (Lipinski definition) is 29. The number of nitrogens with one attached hydrogen (secondary N) is 3. The number of H-pyrrole nitrogens is 1. The van der Waals surface area contributed by atoms with Crippen molar-refractivity contribution in [3.8, 4) is 0 Å². The summed E-state index contributed by atoms with van der Waals surface area (Å²) >= 11 is 0. The minimum absolute atomic E-state index is 0.0328. The SMILES string of the molecule is O=S(=O)(O)c1cccc2c(NCCNC[C@H]3O[C@H](O[C@H]4[C@H](O)[C@@H](O)[C@@H](O[C@H]5[C@H](O)[C@@H](O)[C@@H](O[C@H]6[C@H](O)[C@@H](O)[C@@H](O[C@H]7[C@H](O)[C@@H](O)[C@H](OCCc8c[nH]c9ccccc89)O[C@@H]7CO)O[C@@H]6CO)O[C@@H]5CO)O[C@@H]4CO)[C@H](O)[C@@H](O)[C@H]3O)cccc12. The first-order valence-electron chi connectivity index (χ1n) is 27.1. The monoisotopic (exact) mass is 1220 g/mol. The number of benzene rings is 3. The number of aromatic nitrogens is 1. The summed E-state index contributed by atoms with van der Waals surface area (Å²) in [6, 6.07) is 16.8. The van der Waals surface area contributed by atoms with E-state index in [0.717, 1.165) is 16.5 Å². The Morgan fingerprint density at radius 1 is 0.464 bits per heavy atom. The highest BCUT2D eigenvalue weighted by molar-refractivity contribution is 7.86. The maximum absolute atomic E-state index is 11.9. The van der Waals surface area contributed by atoms with Gasteiger partial charge in [-0.1, -0.05) is 42.5 Å². The molecule has 5 saturated heterocycles. The van der Waals surface area contributed by atoms with E-state index >= 15 is 0 Å². The molecule has 31 nitrogen and oxygen atoms in total. The molecular formula is C52H73N3O28S. The summed E-state index contributed by atoms with van der Waals surface area (Å²) in [5.74, 6) is 0. The standard InChI is InChI=1S/C52H73N3O28S/c56-17-28-44(35(62)40(67)48(76-28)74-14-11-21-15-55-25-8-2-1-5-22(21)25)81-50-42(69)37(64)46(30(19-58)78-50)83-52-43(70)38(65)47(31(20-59)79-52)82-51-41(68)36(63)45(29(18-57)77-51)80-49-39(66)34(61)33(60)27(75-49)16-53-12-13-54-26-9-3-7-24-23(26)6-4-10-32(24)84(71,72)73/h1-10,15,27-31,33-70H,11-14,16-20H2,(H,71,72,73)/t27-,28-,29-,30-,31-,33+,34+,35-,36-,37-,38-,39-,40-,41-,42-,43-,44-,45-,46-,47-,48-,49-,50-,51-,52-/m1/s1. The Labute approximate surface area is 478 Å². The number of para-hydroxylation sites is 1. The van der Waals surface area contributed by atoms with Crippen LogP contribution in [0.5, 0.6) is 0 Å². The third-order valence-corrected chi connectivity index (χ3v) is 16.5. The van der Waals surface area contributed by atoms with Crippen LogP contribution in [0, 0.1) is 0 Å². The Bertz CT molecular complexity index is 2850. The highest BCUT2D eigenvalue weighted by atomic mass is 32.2. The number of rotatable bonds is 23.